The summed E-state index contributed by atoms with van der Waals surface area (Å²) in [6.45, 7) is 6.12. The lowest BCUT2D eigenvalue weighted by Crippen LogP contribution is -2.20. The lowest BCUT2D eigenvalue weighted by Gasteiger charge is -2.08. The average molecular weight is 351 g/mol. The van der Waals surface area contributed by atoms with Crippen LogP contribution in [0, 0.1) is 6.92 Å². The van der Waals surface area contributed by atoms with Gasteiger partial charge in [0.25, 0.3) is 17.7 Å². The minimum Gasteiger partial charge on any atom is -0.484 e. The van der Waals surface area contributed by atoms with Crippen molar-refractivity contribution in [1.82, 2.24) is 10.1 Å². The van der Waals surface area contributed by atoms with Gasteiger partial charge in [-0.2, -0.15) is 4.98 Å². The molecule has 0 spiro atoms. The van der Waals surface area contributed by atoms with Crippen LogP contribution in [0.3, 0.4) is 0 Å². The van der Waals surface area contributed by atoms with Crippen LogP contribution < -0.4 is 10.1 Å². The Morgan fingerprint density at radius 3 is 2.46 bits per heavy atom. The van der Waals surface area contributed by atoms with Crippen molar-refractivity contribution in [2.75, 3.05) is 11.9 Å². The highest BCUT2D eigenvalue weighted by Gasteiger charge is 2.12. The van der Waals surface area contributed by atoms with E-state index in [1.165, 1.54) is 5.56 Å². The number of hydrogen-bond donors (Lipinski definition) is 1. The third kappa shape index (κ3) is 4.47. The number of nitrogens with one attached hydrogen (secondary N) is 1. The van der Waals surface area contributed by atoms with Gasteiger partial charge in [0.2, 0.25) is 0 Å². The molecule has 1 N–H and O–H groups in total. The molecular formula is C20H21N3O3. The smallest absolute Gasteiger partial charge is 0.270 e. The first kappa shape index (κ1) is 17.7. The summed E-state index contributed by atoms with van der Waals surface area (Å²) in [5, 5.41) is 6.33. The van der Waals surface area contributed by atoms with E-state index in [1.54, 1.807) is 0 Å². The zero-order chi connectivity index (χ0) is 18.5. The molecule has 0 unspecified atom stereocenters. The molecule has 1 amide bonds. The largest absolute Gasteiger partial charge is 0.484 e. The number of nitrogens with zero attached hydrogens (tertiary/aromatic N) is 2. The molecule has 0 aliphatic rings. The second-order valence-corrected chi connectivity index (χ2v) is 6.35. The first-order valence-corrected chi connectivity index (χ1v) is 8.44. The maximum atomic E-state index is 12.0. The number of aromatic nitrogens is 2. The molecule has 1 aromatic heterocycles. The maximum absolute atomic E-state index is 12.0. The zero-order valence-corrected chi connectivity index (χ0v) is 15.0. The van der Waals surface area contributed by atoms with Crippen molar-refractivity contribution in [1.29, 1.82) is 0 Å². The van der Waals surface area contributed by atoms with E-state index in [0.29, 0.717) is 17.6 Å². The second kappa shape index (κ2) is 7.82. The van der Waals surface area contributed by atoms with E-state index in [2.05, 4.69) is 29.3 Å². The number of benzene rings is 2. The van der Waals surface area contributed by atoms with Crippen LogP contribution in [-0.2, 0) is 4.79 Å². The topological polar surface area (TPSA) is 77.2 Å². The monoisotopic (exact) mass is 351 g/mol. The molecule has 134 valence electrons. The molecule has 1 heterocycles. The molecule has 6 heteroatoms. The van der Waals surface area contributed by atoms with Gasteiger partial charge in [0.05, 0.1) is 0 Å². The molecule has 3 rings (SSSR count). The summed E-state index contributed by atoms with van der Waals surface area (Å²) in [6, 6.07) is 15.4. The van der Waals surface area contributed by atoms with E-state index in [9.17, 15) is 4.79 Å². The second-order valence-electron chi connectivity index (χ2n) is 6.35. The number of rotatable bonds is 6. The number of carbonyl (C=O) groups excluding carboxylic acids is 1. The standard InChI is InChI=1S/C20H21N3O3/c1-13(2)15-8-10-17(11-9-15)25-12-18(24)21-20-22-19(26-23-20)16-6-4-14(3)5-7-16/h4-11,13H,12H2,1-3H3,(H,21,23,24). The Morgan fingerprint density at radius 1 is 1.12 bits per heavy atom. The van der Waals surface area contributed by atoms with Crippen molar-refractivity contribution >= 4 is 11.9 Å². The molecular weight excluding hydrogens is 330 g/mol. The van der Waals surface area contributed by atoms with Crippen LogP contribution >= 0.6 is 0 Å². The fraction of sp³-hybridized carbons (Fsp3) is 0.250. The quantitative estimate of drug-likeness (QED) is 0.721. The third-order valence-electron chi connectivity index (χ3n) is 3.89. The molecule has 0 aliphatic heterocycles. The molecule has 26 heavy (non-hydrogen) atoms. The molecule has 6 nitrogen and oxygen atoms in total. The summed E-state index contributed by atoms with van der Waals surface area (Å²) in [6.07, 6.45) is 0. The van der Waals surface area contributed by atoms with E-state index >= 15 is 0 Å². The van der Waals surface area contributed by atoms with E-state index in [-0.39, 0.29) is 18.5 Å². The van der Waals surface area contributed by atoms with Gasteiger partial charge in [0.1, 0.15) is 5.75 Å². The maximum Gasteiger partial charge on any atom is 0.270 e. The van der Waals surface area contributed by atoms with Gasteiger partial charge in [-0.25, -0.2) is 0 Å². The minimum absolute atomic E-state index is 0.115. The van der Waals surface area contributed by atoms with Crippen LogP contribution in [0.2, 0.25) is 0 Å². The fourth-order valence-electron chi connectivity index (χ4n) is 2.35. The normalized spacial score (nSPS) is 10.8. The number of ether oxygens (including phenoxy) is 1. The lowest BCUT2D eigenvalue weighted by molar-refractivity contribution is -0.118. The summed E-state index contributed by atoms with van der Waals surface area (Å²) in [4.78, 5) is 16.2. The SMILES string of the molecule is Cc1ccc(-c2nc(NC(=O)COc3ccc(C(C)C)cc3)no2)cc1. The van der Waals surface area contributed by atoms with Gasteiger partial charge in [0, 0.05) is 5.56 Å². The summed E-state index contributed by atoms with van der Waals surface area (Å²) < 4.78 is 10.7. The van der Waals surface area contributed by atoms with Crippen LogP contribution in [0.4, 0.5) is 5.95 Å². The summed E-state index contributed by atoms with van der Waals surface area (Å²) in [7, 11) is 0. The fourth-order valence-corrected chi connectivity index (χ4v) is 2.35. The minimum atomic E-state index is -0.353. The highest BCUT2D eigenvalue weighted by molar-refractivity contribution is 5.90. The molecule has 0 aliphatic carbocycles. The van der Waals surface area contributed by atoms with Crippen molar-refractivity contribution in [2.45, 2.75) is 26.7 Å². The molecule has 2 aromatic carbocycles. The van der Waals surface area contributed by atoms with Crippen LogP contribution in [0.5, 0.6) is 5.75 Å². The van der Waals surface area contributed by atoms with Crippen molar-refractivity contribution < 1.29 is 14.1 Å². The predicted molar refractivity (Wildman–Crippen MR) is 99.1 cm³/mol. The molecule has 0 bridgehead atoms. The number of aryl methyl sites for hydroxylation is 1. The van der Waals surface area contributed by atoms with E-state index in [4.69, 9.17) is 9.26 Å². The third-order valence-corrected chi connectivity index (χ3v) is 3.89. The van der Waals surface area contributed by atoms with Crippen LogP contribution in [0.1, 0.15) is 30.9 Å². The highest BCUT2D eigenvalue weighted by atomic mass is 16.5. The Balaban J connectivity index is 1.54. The van der Waals surface area contributed by atoms with Gasteiger partial charge in [-0.1, -0.05) is 43.7 Å². The van der Waals surface area contributed by atoms with Gasteiger partial charge in [-0.3, -0.25) is 10.1 Å². The summed E-state index contributed by atoms with van der Waals surface area (Å²) >= 11 is 0. The van der Waals surface area contributed by atoms with E-state index in [0.717, 1.165) is 11.1 Å². The van der Waals surface area contributed by atoms with Crippen LogP contribution in [0.25, 0.3) is 11.5 Å². The predicted octanol–water partition coefficient (Wildman–Crippen LogP) is 4.19. The summed E-state index contributed by atoms with van der Waals surface area (Å²) in [5.74, 6) is 1.20. The van der Waals surface area contributed by atoms with E-state index < -0.39 is 0 Å². The van der Waals surface area contributed by atoms with Gasteiger partial charge >= 0.3 is 0 Å². The lowest BCUT2D eigenvalue weighted by atomic mass is 10.0. The Hall–Kier alpha value is -3.15. The summed E-state index contributed by atoms with van der Waals surface area (Å²) in [5.41, 5.74) is 3.16. The van der Waals surface area contributed by atoms with E-state index in [1.807, 2.05) is 55.5 Å². The van der Waals surface area contributed by atoms with Gasteiger partial charge in [-0.05, 0) is 47.8 Å². The molecule has 0 saturated carbocycles. The molecule has 0 radical (unpaired) electrons. The average Bonchev–Trinajstić information content (AvgIpc) is 3.09. The molecule has 0 saturated heterocycles. The first-order chi connectivity index (χ1) is 12.5. The number of hydrogen-bond acceptors (Lipinski definition) is 5. The zero-order valence-electron chi connectivity index (χ0n) is 15.0. The van der Waals surface area contributed by atoms with Crippen molar-refractivity contribution in [2.24, 2.45) is 0 Å². The molecule has 0 atom stereocenters. The molecule has 3 aromatic rings. The Labute approximate surface area is 152 Å². The Morgan fingerprint density at radius 2 is 1.81 bits per heavy atom. The van der Waals surface area contributed by atoms with Crippen molar-refractivity contribution in [3.8, 4) is 17.2 Å². The van der Waals surface area contributed by atoms with Crippen LogP contribution in [-0.4, -0.2) is 22.7 Å². The van der Waals surface area contributed by atoms with Gasteiger partial charge in [-0.15, -0.1) is 0 Å². The Bertz CT molecular complexity index is 868. The molecule has 0 fully saturated rings. The van der Waals surface area contributed by atoms with Gasteiger partial charge in [0.15, 0.2) is 6.61 Å². The van der Waals surface area contributed by atoms with Crippen molar-refractivity contribution in [3.05, 3.63) is 59.7 Å². The Kier molecular flexibility index (Phi) is 5.31. The van der Waals surface area contributed by atoms with Crippen molar-refractivity contribution in [3.63, 3.8) is 0 Å². The highest BCUT2D eigenvalue weighted by Crippen LogP contribution is 2.20. The number of anilines is 1. The van der Waals surface area contributed by atoms with Gasteiger partial charge < -0.3 is 9.26 Å². The first-order valence-electron chi connectivity index (χ1n) is 8.44. The number of amides is 1. The van der Waals surface area contributed by atoms with Crippen LogP contribution in [0.15, 0.2) is 53.1 Å². The number of carbonyl (C=O) groups is 1.